The zero-order valence-electron chi connectivity index (χ0n) is 13.7. The quantitative estimate of drug-likeness (QED) is 0.766. The van der Waals surface area contributed by atoms with Crippen molar-refractivity contribution in [3.05, 3.63) is 56.8 Å². The van der Waals surface area contributed by atoms with Crippen LogP contribution < -0.4 is 0 Å². The van der Waals surface area contributed by atoms with E-state index in [1.165, 1.54) is 54.1 Å². The van der Waals surface area contributed by atoms with Gasteiger partial charge in [-0.3, -0.25) is 4.90 Å². The van der Waals surface area contributed by atoms with Crippen LogP contribution in [0.3, 0.4) is 0 Å². The highest BCUT2D eigenvalue weighted by atomic mass is 32.1. The highest BCUT2D eigenvalue weighted by Gasteiger charge is 2.40. The predicted octanol–water partition coefficient (Wildman–Crippen LogP) is 4.84. The monoisotopic (exact) mass is 311 g/mol. The summed E-state index contributed by atoms with van der Waals surface area (Å²) in [5.74, 6) is 0. The summed E-state index contributed by atoms with van der Waals surface area (Å²) < 4.78 is 0. The summed E-state index contributed by atoms with van der Waals surface area (Å²) in [5.41, 5.74) is 5.21. The van der Waals surface area contributed by atoms with Gasteiger partial charge in [0.25, 0.3) is 0 Å². The molecule has 0 N–H and O–H groups in total. The van der Waals surface area contributed by atoms with Gasteiger partial charge in [-0.2, -0.15) is 0 Å². The third kappa shape index (κ3) is 2.53. The van der Waals surface area contributed by atoms with Gasteiger partial charge in [-0.1, -0.05) is 23.8 Å². The Hall–Kier alpha value is -1.12. The van der Waals surface area contributed by atoms with Gasteiger partial charge in [0.15, 0.2) is 0 Å². The van der Waals surface area contributed by atoms with Gasteiger partial charge in [0.1, 0.15) is 0 Å². The van der Waals surface area contributed by atoms with Crippen molar-refractivity contribution >= 4 is 11.3 Å². The Bertz CT molecular complexity index is 677. The Kier molecular flexibility index (Phi) is 3.62. The van der Waals surface area contributed by atoms with Crippen molar-refractivity contribution in [3.8, 4) is 0 Å². The predicted molar refractivity (Wildman–Crippen MR) is 94.7 cm³/mol. The van der Waals surface area contributed by atoms with Crippen molar-refractivity contribution in [2.45, 2.75) is 51.5 Å². The first-order valence-electron chi connectivity index (χ1n) is 8.52. The summed E-state index contributed by atoms with van der Waals surface area (Å²) in [5, 5.41) is 0. The number of benzene rings is 1. The molecule has 0 radical (unpaired) electrons. The van der Waals surface area contributed by atoms with Gasteiger partial charge < -0.3 is 0 Å². The van der Waals surface area contributed by atoms with Crippen LogP contribution in [-0.4, -0.2) is 18.0 Å². The molecule has 0 bridgehead atoms. The zero-order valence-corrected chi connectivity index (χ0v) is 14.5. The lowest BCUT2D eigenvalue weighted by Gasteiger charge is -2.40. The van der Waals surface area contributed by atoms with Gasteiger partial charge in [-0.25, -0.2) is 0 Å². The first-order chi connectivity index (χ1) is 10.6. The minimum absolute atomic E-state index is 0.489. The number of rotatable bonds is 2. The average Bonchev–Trinajstić information content (AvgIpc) is 3.07. The number of likely N-dealkylation sites (tertiary alicyclic amines) is 1. The number of fused-ring (bicyclic) bond motifs is 2. The van der Waals surface area contributed by atoms with E-state index in [0.29, 0.717) is 5.41 Å². The topological polar surface area (TPSA) is 3.24 Å². The molecule has 1 aliphatic carbocycles. The van der Waals surface area contributed by atoms with Crippen LogP contribution in [0, 0.1) is 13.8 Å². The molecule has 1 aromatic heterocycles. The molecule has 1 spiro atoms. The van der Waals surface area contributed by atoms with E-state index in [1.54, 1.807) is 11.1 Å². The molecule has 116 valence electrons. The Labute approximate surface area is 138 Å². The van der Waals surface area contributed by atoms with E-state index in [4.69, 9.17) is 0 Å². The molecule has 22 heavy (non-hydrogen) atoms. The van der Waals surface area contributed by atoms with Crippen molar-refractivity contribution in [1.29, 1.82) is 0 Å². The van der Waals surface area contributed by atoms with Gasteiger partial charge in [0.2, 0.25) is 0 Å². The second-order valence-electron chi connectivity index (χ2n) is 7.23. The van der Waals surface area contributed by atoms with E-state index in [0.717, 1.165) is 6.54 Å². The maximum Gasteiger partial charge on any atom is 0.0328 e. The molecule has 2 heterocycles. The number of hydrogen-bond acceptors (Lipinski definition) is 2. The summed E-state index contributed by atoms with van der Waals surface area (Å²) in [4.78, 5) is 5.62. The third-order valence-corrected chi connectivity index (χ3v) is 6.68. The molecule has 0 saturated carbocycles. The molecular weight excluding hydrogens is 286 g/mol. The van der Waals surface area contributed by atoms with Crippen LogP contribution in [-0.2, 0) is 18.4 Å². The van der Waals surface area contributed by atoms with E-state index < -0.39 is 0 Å². The molecule has 1 fully saturated rings. The van der Waals surface area contributed by atoms with Crippen LogP contribution in [0.4, 0.5) is 0 Å². The largest absolute Gasteiger partial charge is 0.298 e. The number of thiophene rings is 1. The maximum atomic E-state index is 2.66. The summed E-state index contributed by atoms with van der Waals surface area (Å²) in [6.07, 6.45) is 5.35. The van der Waals surface area contributed by atoms with Gasteiger partial charge in [-0.05, 0) is 81.3 Å². The van der Waals surface area contributed by atoms with E-state index in [1.807, 2.05) is 11.3 Å². The molecule has 2 aliphatic rings. The molecule has 1 saturated heterocycles. The number of piperidine rings is 1. The lowest BCUT2D eigenvalue weighted by atomic mass is 9.73. The van der Waals surface area contributed by atoms with Crippen LogP contribution in [0.25, 0.3) is 0 Å². The Morgan fingerprint density at radius 2 is 1.86 bits per heavy atom. The van der Waals surface area contributed by atoms with Gasteiger partial charge in [-0.15, -0.1) is 11.3 Å². The molecule has 0 atom stereocenters. The van der Waals surface area contributed by atoms with Crippen molar-refractivity contribution in [1.82, 2.24) is 4.90 Å². The molecule has 2 heteroatoms. The summed E-state index contributed by atoms with van der Waals surface area (Å²) in [6, 6.07) is 11.7. The average molecular weight is 311 g/mol. The van der Waals surface area contributed by atoms with Crippen LogP contribution in [0.15, 0.2) is 30.3 Å². The standard InChI is InChI=1S/C20H25NS/c1-15-3-5-17-7-8-20(19(17)13-15)9-11-21(12-10-20)14-18-6-4-16(2)22-18/h3-6,13H,7-12,14H2,1-2H3. The highest BCUT2D eigenvalue weighted by Crippen LogP contribution is 2.46. The Morgan fingerprint density at radius 3 is 2.59 bits per heavy atom. The number of hydrogen-bond donors (Lipinski definition) is 0. The molecule has 0 unspecified atom stereocenters. The molecule has 1 aliphatic heterocycles. The fourth-order valence-corrected chi connectivity index (χ4v) is 5.29. The van der Waals surface area contributed by atoms with Crippen LogP contribution in [0.2, 0.25) is 0 Å². The van der Waals surface area contributed by atoms with Crippen LogP contribution in [0.1, 0.15) is 45.7 Å². The first kappa shape index (κ1) is 14.5. The van der Waals surface area contributed by atoms with Crippen LogP contribution in [0.5, 0.6) is 0 Å². The molecule has 4 rings (SSSR count). The second kappa shape index (κ2) is 5.50. The van der Waals surface area contributed by atoms with Gasteiger partial charge in [0.05, 0.1) is 0 Å². The smallest absolute Gasteiger partial charge is 0.0328 e. The summed E-state index contributed by atoms with van der Waals surface area (Å²) in [6.45, 7) is 8.10. The SMILES string of the molecule is Cc1ccc2c(c1)C1(CC2)CCN(Cc2ccc(C)s2)CC1. The van der Waals surface area contributed by atoms with Crippen molar-refractivity contribution < 1.29 is 0 Å². The van der Waals surface area contributed by atoms with Crippen molar-refractivity contribution in [3.63, 3.8) is 0 Å². The van der Waals surface area contributed by atoms with Gasteiger partial charge in [0, 0.05) is 16.3 Å². The summed E-state index contributed by atoms with van der Waals surface area (Å²) >= 11 is 1.95. The lowest BCUT2D eigenvalue weighted by molar-refractivity contribution is 0.153. The van der Waals surface area contributed by atoms with E-state index in [-0.39, 0.29) is 0 Å². The van der Waals surface area contributed by atoms with Crippen molar-refractivity contribution in [2.24, 2.45) is 0 Å². The Morgan fingerprint density at radius 1 is 1.05 bits per heavy atom. The van der Waals surface area contributed by atoms with Crippen molar-refractivity contribution in [2.75, 3.05) is 13.1 Å². The maximum absolute atomic E-state index is 2.66. The fraction of sp³-hybridized carbons (Fsp3) is 0.500. The van der Waals surface area contributed by atoms with E-state index in [2.05, 4.69) is 49.1 Å². The molecule has 2 aromatic rings. The molecule has 1 aromatic carbocycles. The fourth-order valence-electron chi connectivity index (χ4n) is 4.36. The first-order valence-corrected chi connectivity index (χ1v) is 9.34. The second-order valence-corrected chi connectivity index (χ2v) is 8.60. The number of nitrogens with zero attached hydrogens (tertiary/aromatic N) is 1. The normalized spacial score (nSPS) is 20.5. The van der Waals surface area contributed by atoms with E-state index in [9.17, 15) is 0 Å². The van der Waals surface area contributed by atoms with Crippen LogP contribution >= 0.6 is 11.3 Å². The third-order valence-electron chi connectivity index (χ3n) is 5.70. The molecular formula is C20H25NS. The highest BCUT2D eigenvalue weighted by molar-refractivity contribution is 7.11. The van der Waals surface area contributed by atoms with Gasteiger partial charge >= 0.3 is 0 Å². The molecule has 0 amide bonds. The number of aryl methyl sites for hydroxylation is 3. The summed E-state index contributed by atoms with van der Waals surface area (Å²) in [7, 11) is 0. The minimum atomic E-state index is 0.489. The minimum Gasteiger partial charge on any atom is -0.298 e. The van der Waals surface area contributed by atoms with E-state index >= 15 is 0 Å². The molecule has 1 nitrogen and oxygen atoms in total. The zero-order chi connectivity index (χ0) is 15.2. The Balaban J connectivity index is 1.47. The lowest BCUT2D eigenvalue weighted by Crippen LogP contribution is -2.41.